The molecule has 1 aliphatic rings. The summed E-state index contributed by atoms with van der Waals surface area (Å²) in [6.07, 6.45) is 1.45. The molecule has 2 rings (SSSR count). The monoisotopic (exact) mass is 230 g/mol. The molecule has 0 fully saturated rings. The topological polar surface area (TPSA) is 43.4 Å². The van der Waals surface area contributed by atoms with E-state index in [4.69, 9.17) is 4.74 Å². The van der Waals surface area contributed by atoms with Crippen LogP contribution in [0.4, 0.5) is 0 Å². The maximum atomic E-state index is 11.7. The molecule has 1 aromatic rings. The van der Waals surface area contributed by atoms with Crippen molar-refractivity contribution in [2.75, 3.05) is 7.11 Å². The Bertz CT molecular complexity index is 472. The highest BCUT2D eigenvalue weighted by Gasteiger charge is 2.27. The zero-order chi connectivity index (χ0) is 12.3. The second kappa shape index (κ2) is 4.95. The van der Waals surface area contributed by atoms with Gasteiger partial charge < -0.3 is 4.74 Å². The molecular weight excluding hydrogens is 216 g/mol. The van der Waals surface area contributed by atoms with Gasteiger partial charge in [0, 0.05) is 24.0 Å². The zero-order valence-electron chi connectivity index (χ0n) is 9.73. The number of carbonyl (C=O) groups is 2. The zero-order valence-corrected chi connectivity index (χ0v) is 9.73. The van der Waals surface area contributed by atoms with Crippen molar-refractivity contribution in [3.05, 3.63) is 47.0 Å². The standard InChI is InChI=1S/C14H14O3/c1-17-14(16)11-7-8-13(15)12(11)9-10-5-3-2-4-6-10/h2-6H,7-9H2,1H3. The maximum Gasteiger partial charge on any atom is 0.334 e. The predicted octanol–water partition coefficient (Wildman–Crippen LogP) is 2.06. The normalized spacial score (nSPS) is 15.2. The van der Waals surface area contributed by atoms with Crippen molar-refractivity contribution in [1.82, 2.24) is 0 Å². The molecule has 0 unspecified atom stereocenters. The van der Waals surface area contributed by atoms with Crippen LogP contribution < -0.4 is 0 Å². The van der Waals surface area contributed by atoms with E-state index < -0.39 is 0 Å². The van der Waals surface area contributed by atoms with Crippen LogP contribution in [0.3, 0.4) is 0 Å². The lowest BCUT2D eigenvalue weighted by Gasteiger charge is -2.04. The van der Waals surface area contributed by atoms with Crippen molar-refractivity contribution in [1.29, 1.82) is 0 Å². The van der Waals surface area contributed by atoms with Crippen LogP contribution in [0.5, 0.6) is 0 Å². The van der Waals surface area contributed by atoms with Crippen molar-refractivity contribution in [2.24, 2.45) is 0 Å². The first-order valence-electron chi connectivity index (χ1n) is 5.60. The van der Waals surface area contributed by atoms with Crippen LogP contribution in [0.1, 0.15) is 18.4 Å². The van der Waals surface area contributed by atoms with Crippen molar-refractivity contribution in [3.63, 3.8) is 0 Å². The van der Waals surface area contributed by atoms with Crippen LogP contribution in [-0.2, 0) is 20.7 Å². The number of ether oxygens (including phenoxy) is 1. The molecule has 0 saturated carbocycles. The fraction of sp³-hybridized carbons (Fsp3) is 0.286. The molecule has 0 atom stereocenters. The Balaban J connectivity index is 2.28. The number of carbonyl (C=O) groups excluding carboxylic acids is 2. The van der Waals surface area contributed by atoms with Gasteiger partial charge in [0.15, 0.2) is 5.78 Å². The molecule has 0 aliphatic heterocycles. The third-order valence-corrected chi connectivity index (χ3v) is 2.96. The Hall–Kier alpha value is -1.90. The molecule has 0 aromatic heterocycles. The van der Waals surface area contributed by atoms with E-state index in [0.717, 1.165) is 5.56 Å². The van der Waals surface area contributed by atoms with Crippen molar-refractivity contribution in [3.8, 4) is 0 Å². The van der Waals surface area contributed by atoms with E-state index in [1.807, 2.05) is 30.3 Å². The first-order chi connectivity index (χ1) is 8.22. The number of hydrogen-bond donors (Lipinski definition) is 0. The second-order valence-electron chi connectivity index (χ2n) is 4.03. The molecule has 17 heavy (non-hydrogen) atoms. The van der Waals surface area contributed by atoms with Gasteiger partial charge in [0.1, 0.15) is 0 Å². The largest absolute Gasteiger partial charge is 0.466 e. The van der Waals surface area contributed by atoms with Crippen LogP contribution in [0, 0.1) is 0 Å². The lowest BCUT2D eigenvalue weighted by atomic mass is 10.0. The number of methoxy groups -OCH3 is 1. The number of hydrogen-bond acceptors (Lipinski definition) is 3. The van der Waals surface area contributed by atoms with Gasteiger partial charge in [-0.05, 0) is 12.0 Å². The third kappa shape index (κ3) is 2.44. The van der Waals surface area contributed by atoms with E-state index in [-0.39, 0.29) is 11.8 Å². The Morgan fingerprint density at radius 1 is 1.24 bits per heavy atom. The molecule has 0 bridgehead atoms. The van der Waals surface area contributed by atoms with Crippen molar-refractivity contribution < 1.29 is 14.3 Å². The van der Waals surface area contributed by atoms with E-state index in [1.165, 1.54) is 7.11 Å². The number of ketones is 1. The summed E-state index contributed by atoms with van der Waals surface area (Å²) in [5, 5.41) is 0. The molecule has 3 heteroatoms. The van der Waals surface area contributed by atoms with Crippen molar-refractivity contribution in [2.45, 2.75) is 19.3 Å². The van der Waals surface area contributed by atoms with Gasteiger partial charge in [-0.15, -0.1) is 0 Å². The summed E-state index contributed by atoms with van der Waals surface area (Å²) >= 11 is 0. The molecule has 1 aromatic carbocycles. The molecule has 3 nitrogen and oxygen atoms in total. The number of esters is 1. The summed E-state index contributed by atoms with van der Waals surface area (Å²) in [6, 6.07) is 9.68. The van der Waals surface area contributed by atoms with Gasteiger partial charge in [-0.25, -0.2) is 4.79 Å². The summed E-state index contributed by atoms with van der Waals surface area (Å²) in [7, 11) is 1.35. The van der Waals surface area contributed by atoms with Crippen molar-refractivity contribution >= 4 is 11.8 Å². The van der Waals surface area contributed by atoms with Crippen LogP contribution >= 0.6 is 0 Å². The fourth-order valence-electron chi connectivity index (χ4n) is 2.06. The quantitative estimate of drug-likeness (QED) is 0.746. The maximum absolute atomic E-state index is 11.7. The van der Waals surface area contributed by atoms with E-state index in [1.54, 1.807) is 0 Å². The minimum Gasteiger partial charge on any atom is -0.466 e. The lowest BCUT2D eigenvalue weighted by Crippen LogP contribution is -2.07. The smallest absolute Gasteiger partial charge is 0.334 e. The van der Waals surface area contributed by atoms with Crippen LogP contribution in [0.15, 0.2) is 41.5 Å². The first-order valence-corrected chi connectivity index (χ1v) is 5.60. The average Bonchev–Trinajstić information content (AvgIpc) is 2.72. The van der Waals surface area contributed by atoms with Gasteiger partial charge in [-0.3, -0.25) is 4.79 Å². The van der Waals surface area contributed by atoms with Gasteiger partial charge >= 0.3 is 5.97 Å². The Kier molecular flexibility index (Phi) is 3.38. The lowest BCUT2D eigenvalue weighted by molar-refractivity contribution is -0.136. The van der Waals surface area contributed by atoms with Gasteiger partial charge in [-0.1, -0.05) is 30.3 Å². The van der Waals surface area contributed by atoms with Gasteiger partial charge in [0.05, 0.1) is 7.11 Å². The molecule has 0 spiro atoms. The van der Waals surface area contributed by atoms with E-state index in [2.05, 4.69) is 0 Å². The minimum atomic E-state index is -0.373. The minimum absolute atomic E-state index is 0.0641. The van der Waals surface area contributed by atoms with Gasteiger partial charge in [0.25, 0.3) is 0 Å². The summed E-state index contributed by atoms with van der Waals surface area (Å²) in [5.41, 5.74) is 2.20. The molecular formula is C14H14O3. The van der Waals surface area contributed by atoms with E-state index in [9.17, 15) is 9.59 Å². The molecule has 0 amide bonds. The predicted molar refractivity (Wildman–Crippen MR) is 63.4 cm³/mol. The Morgan fingerprint density at radius 3 is 2.59 bits per heavy atom. The fourth-order valence-corrected chi connectivity index (χ4v) is 2.06. The van der Waals surface area contributed by atoms with E-state index in [0.29, 0.717) is 30.4 Å². The molecule has 0 radical (unpaired) electrons. The molecule has 1 aliphatic carbocycles. The second-order valence-corrected chi connectivity index (χ2v) is 4.03. The Labute approximate surface area is 100 Å². The number of Topliss-reactive ketones (excluding diaryl/α,β-unsaturated/α-hetero) is 1. The van der Waals surface area contributed by atoms with Gasteiger partial charge in [-0.2, -0.15) is 0 Å². The van der Waals surface area contributed by atoms with Crippen LogP contribution in [-0.4, -0.2) is 18.9 Å². The summed E-state index contributed by atoms with van der Waals surface area (Å²) < 4.78 is 4.70. The highest BCUT2D eigenvalue weighted by Crippen LogP contribution is 2.26. The summed E-state index contributed by atoms with van der Waals surface area (Å²) in [4.78, 5) is 23.3. The van der Waals surface area contributed by atoms with Crippen LogP contribution in [0.25, 0.3) is 0 Å². The SMILES string of the molecule is COC(=O)C1=C(Cc2ccccc2)C(=O)CC1. The number of benzene rings is 1. The molecule has 0 saturated heterocycles. The van der Waals surface area contributed by atoms with Crippen LogP contribution in [0.2, 0.25) is 0 Å². The molecule has 0 heterocycles. The highest BCUT2D eigenvalue weighted by molar-refractivity contribution is 6.07. The summed E-state index contributed by atoms with van der Waals surface area (Å²) in [6.45, 7) is 0. The number of allylic oxidation sites excluding steroid dienone is 1. The van der Waals surface area contributed by atoms with E-state index >= 15 is 0 Å². The average molecular weight is 230 g/mol. The highest BCUT2D eigenvalue weighted by atomic mass is 16.5. The summed E-state index contributed by atoms with van der Waals surface area (Å²) in [5.74, 6) is -0.309. The third-order valence-electron chi connectivity index (χ3n) is 2.96. The Morgan fingerprint density at radius 2 is 1.94 bits per heavy atom. The van der Waals surface area contributed by atoms with Gasteiger partial charge in [0.2, 0.25) is 0 Å². The first kappa shape index (κ1) is 11.6. The molecule has 0 N–H and O–H groups in total. The number of rotatable bonds is 3. The molecule has 88 valence electrons.